The van der Waals surface area contributed by atoms with E-state index in [4.69, 9.17) is 0 Å². The fourth-order valence-electron chi connectivity index (χ4n) is 4.40. The molecule has 4 aliphatic heterocycles. The van der Waals surface area contributed by atoms with E-state index in [9.17, 15) is 24.6 Å². The van der Waals surface area contributed by atoms with E-state index in [1.807, 2.05) is 13.1 Å². The van der Waals surface area contributed by atoms with Gasteiger partial charge in [-0.1, -0.05) is 6.08 Å². The maximum Gasteiger partial charge on any atom is 0.353 e. The Labute approximate surface area is 167 Å². The number of fused-ring (bicyclic) bond motifs is 1. The second-order valence-electron chi connectivity index (χ2n) is 7.99. The summed E-state index contributed by atoms with van der Waals surface area (Å²) in [5.74, 6) is -1.86. The van der Waals surface area contributed by atoms with Gasteiger partial charge in [0.15, 0.2) is 0 Å². The summed E-state index contributed by atoms with van der Waals surface area (Å²) in [6.45, 7) is 4.02. The number of amides is 2. The van der Waals surface area contributed by atoms with Crippen molar-refractivity contribution in [3.63, 3.8) is 0 Å². The van der Waals surface area contributed by atoms with Gasteiger partial charge < -0.3 is 20.0 Å². The van der Waals surface area contributed by atoms with Crippen LogP contribution in [0.3, 0.4) is 0 Å². The third-order valence-corrected chi connectivity index (χ3v) is 7.30. The molecule has 0 aliphatic carbocycles. The topological polar surface area (TPSA) is 101 Å². The highest BCUT2D eigenvalue weighted by atomic mass is 32.2. The van der Waals surface area contributed by atoms with Crippen molar-refractivity contribution in [1.82, 2.24) is 14.7 Å². The number of carboxylic acids is 1. The number of β-lactam (4-membered cyclic amide) rings is 1. The molecule has 0 spiro atoms. The van der Waals surface area contributed by atoms with Crippen LogP contribution < -0.4 is 0 Å². The quantitative estimate of drug-likeness (QED) is 0.366. The van der Waals surface area contributed by atoms with Crippen LogP contribution in [0, 0.1) is 5.92 Å². The molecule has 0 aromatic carbocycles. The lowest BCUT2D eigenvalue weighted by atomic mass is 9.83. The molecule has 0 unspecified atom stereocenters. The van der Waals surface area contributed by atoms with Crippen molar-refractivity contribution in [2.45, 2.75) is 43.2 Å². The van der Waals surface area contributed by atoms with Crippen LogP contribution in [0.2, 0.25) is 0 Å². The molecule has 4 heterocycles. The van der Waals surface area contributed by atoms with Gasteiger partial charge in [-0.3, -0.25) is 14.5 Å². The number of likely N-dealkylation sites (tertiary alicyclic amines) is 1. The Morgan fingerprint density at radius 2 is 2.04 bits per heavy atom. The van der Waals surface area contributed by atoms with Gasteiger partial charge in [0.2, 0.25) is 11.8 Å². The fraction of sp³-hybridized carbons (Fsp3) is 0.632. The predicted molar refractivity (Wildman–Crippen MR) is 103 cm³/mol. The van der Waals surface area contributed by atoms with Gasteiger partial charge in [-0.25, -0.2) is 4.79 Å². The van der Waals surface area contributed by atoms with Crippen LogP contribution in [-0.4, -0.2) is 92.8 Å². The number of rotatable bonds is 6. The highest BCUT2D eigenvalue weighted by molar-refractivity contribution is 8.03. The van der Waals surface area contributed by atoms with Crippen LogP contribution in [0.4, 0.5) is 0 Å². The van der Waals surface area contributed by atoms with Gasteiger partial charge in [-0.05, 0) is 20.4 Å². The number of nitrogens with zero attached hydrogens (tertiary/aromatic N) is 3. The molecule has 2 amide bonds. The molecule has 8 nitrogen and oxygen atoms in total. The Balaban J connectivity index is 1.43. The molecule has 4 aliphatic rings. The molecule has 0 saturated carbocycles. The van der Waals surface area contributed by atoms with Gasteiger partial charge in [0.05, 0.1) is 18.1 Å². The van der Waals surface area contributed by atoms with Gasteiger partial charge in [-0.2, -0.15) is 0 Å². The summed E-state index contributed by atoms with van der Waals surface area (Å²) in [6.07, 6.45) is 4.10. The number of aliphatic hydroxyl groups is 1. The second kappa shape index (κ2) is 7.20. The van der Waals surface area contributed by atoms with Crippen LogP contribution in [0.15, 0.2) is 22.8 Å². The van der Waals surface area contributed by atoms with Crippen molar-refractivity contribution in [3.8, 4) is 0 Å². The first kappa shape index (κ1) is 19.5. The summed E-state index contributed by atoms with van der Waals surface area (Å²) >= 11 is 1.53. The summed E-state index contributed by atoms with van der Waals surface area (Å²) < 4.78 is 0. The van der Waals surface area contributed by atoms with E-state index in [2.05, 4.69) is 4.90 Å². The van der Waals surface area contributed by atoms with E-state index < -0.39 is 18.0 Å². The minimum atomic E-state index is -1.09. The van der Waals surface area contributed by atoms with Gasteiger partial charge in [-0.15, -0.1) is 11.8 Å². The highest BCUT2D eigenvalue weighted by Gasteiger charge is 2.57. The number of aliphatic hydroxyl groups excluding tert-OH is 1. The molecule has 2 N–H and O–H groups in total. The average Bonchev–Trinajstić information content (AvgIpc) is 3.33. The van der Waals surface area contributed by atoms with E-state index in [1.54, 1.807) is 17.9 Å². The molecule has 0 bridgehead atoms. The zero-order chi connectivity index (χ0) is 20.2. The zero-order valence-electron chi connectivity index (χ0n) is 15.9. The Morgan fingerprint density at radius 3 is 2.64 bits per heavy atom. The van der Waals surface area contributed by atoms with Gasteiger partial charge in [0.1, 0.15) is 5.70 Å². The normalized spacial score (nSPS) is 33.5. The number of carboxylic acid groups (broad SMARTS) is 1. The van der Waals surface area contributed by atoms with Crippen molar-refractivity contribution >= 4 is 29.5 Å². The number of carbonyl (C=O) groups excluding carboxylic acids is 2. The van der Waals surface area contributed by atoms with Crippen LogP contribution >= 0.6 is 11.8 Å². The Kier molecular flexibility index (Phi) is 5.01. The standard InChI is InChI=1S/C19H25N3O5S/c1-10(23)16-13-8-14(17(19(26)27)22(13)18(16)25)28-12-7-11(20(2)9-12)3-4-15(24)21-5-6-21/h3-4,10-13,16,23H,5-9H2,1-2H3,(H,26,27)/b4-3+/t10-,11-,12+,13-,16-/m1/s1. The summed E-state index contributed by atoms with van der Waals surface area (Å²) in [5, 5.41) is 19.7. The molecule has 9 heteroatoms. The van der Waals surface area contributed by atoms with Crippen molar-refractivity contribution in [1.29, 1.82) is 0 Å². The third-order valence-electron chi connectivity index (χ3n) is 5.98. The lowest BCUT2D eigenvalue weighted by Gasteiger charge is -2.44. The molecule has 5 atom stereocenters. The average molecular weight is 407 g/mol. The molecule has 0 radical (unpaired) electrons. The van der Waals surface area contributed by atoms with Crippen molar-refractivity contribution in [2.24, 2.45) is 5.92 Å². The molecular formula is C19H25N3O5S. The first-order valence-electron chi connectivity index (χ1n) is 9.59. The SMILES string of the molecule is C[C@@H](O)[C@H]1C(=O)N2C(C(=O)O)=C(S[C@H]3C[C@@H](/C=C/C(=O)N4CC4)N(C)C3)C[C@H]12. The molecule has 28 heavy (non-hydrogen) atoms. The van der Waals surface area contributed by atoms with Gasteiger partial charge >= 0.3 is 5.97 Å². The maximum absolute atomic E-state index is 12.3. The van der Waals surface area contributed by atoms with Gasteiger partial charge in [0.25, 0.3) is 0 Å². The number of hydrogen-bond acceptors (Lipinski definition) is 6. The number of aliphatic carboxylic acids is 1. The second-order valence-corrected chi connectivity index (χ2v) is 9.39. The molecule has 0 aromatic rings. The Bertz CT molecular complexity index is 776. The van der Waals surface area contributed by atoms with Crippen molar-refractivity contribution in [2.75, 3.05) is 26.7 Å². The van der Waals surface area contributed by atoms with Crippen molar-refractivity contribution in [3.05, 3.63) is 22.8 Å². The molecular weight excluding hydrogens is 382 g/mol. The monoisotopic (exact) mass is 407 g/mol. The first-order chi connectivity index (χ1) is 13.3. The summed E-state index contributed by atoms with van der Waals surface area (Å²) in [5.41, 5.74) is 0.0789. The largest absolute Gasteiger partial charge is 0.477 e. The highest BCUT2D eigenvalue weighted by Crippen LogP contribution is 2.49. The number of hydrogen-bond donors (Lipinski definition) is 2. The van der Waals surface area contributed by atoms with E-state index in [0.717, 1.165) is 31.0 Å². The number of thioether (sulfide) groups is 1. The van der Waals surface area contributed by atoms with Gasteiger partial charge in [0, 0.05) is 48.3 Å². The number of likely N-dealkylation sites (N-methyl/N-ethyl adjacent to an activating group) is 1. The molecule has 3 saturated heterocycles. The minimum absolute atomic E-state index is 0.0446. The molecule has 3 fully saturated rings. The van der Waals surface area contributed by atoms with Crippen molar-refractivity contribution < 1.29 is 24.6 Å². The smallest absolute Gasteiger partial charge is 0.353 e. The Hall–Kier alpha value is -1.84. The summed E-state index contributed by atoms with van der Waals surface area (Å²) in [7, 11) is 2.00. The van der Waals surface area contributed by atoms with Crippen LogP contribution in [0.5, 0.6) is 0 Å². The predicted octanol–water partition coefficient (Wildman–Crippen LogP) is 0.0984. The lowest BCUT2D eigenvalue weighted by Crippen LogP contribution is -2.61. The number of carbonyl (C=O) groups is 3. The van der Waals surface area contributed by atoms with E-state index >= 15 is 0 Å². The third kappa shape index (κ3) is 3.35. The summed E-state index contributed by atoms with van der Waals surface area (Å²) in [4.78, 5) is 41.9. The maximum atomic E-state index is 12.3. The zero-order valence-corrected chi connectivity index (χ0v) is 16.8. The lowest BCUT2D eigenvalue weighted by molar-refractivity contribution is -0.161. The Morgan fingerprint density at radius 1 is 1.32 bits per heavy atom. The van der Waals surface area contributed by atoms with E-state index in [1.165, 1.54) is 16.7 Å². The fourth-order valence-corrected chi connectivity index (χ4v) is 5.97. The summed E-state index contributed by atoms with van der Waals surface area (Å²) in [6, 6.07) is -0.110. The minimum Gasteiger partial charge on any atom is -0.477 e. The molecule has 4 rings (SSSR count). The molecule has 152 valence electrons. The van der Waals surface area contributed by atoms with Crippen LogP contribution in [-0.2, 0) is 14.4 Å². The first-order valence-corrected chi connectivity index (χ1v) is 10.5. The van der Waals surface area contributed by atoms with E-state index in [-0.39, 0.29) is 34.8 Å². The van der Waals surface area contributed by atoms with Crippen LogP contribution in [0.25, 0.3) is 0 Å². The molecule has 0 aromatic heterocycles. The van der Waals surface area contributed by atoms with E-state index in [0.29, 0.717) is 6.42 Å². The van der Waals surface area contributed by atoms with Crippen LogP contribution in [0.1, 0.15) is 19.8 Å².